The summed E-state index contributed by atoms with van der Waals surface area (Å²) in [5, 5.41) is 13.6. The lowest BCUT2D eigenvalue weighted by atomic mass is 10.1. The van der Waals surface area contributed by atoms with E-state index >= 15 is 0 Å². The first-order valence-corrected chi connectivity index (χ1v) is 9.00. The number of amides is 1. The molecule has 1 amide bonds. The van der Waals surface area contributed by atoms with Gasteiger partial charge in [-0.1, -0.05) is 13.0 Å². The maximum atomic E-state index is 13.9. The van der Waals surface area contributed by atoms with Crippen molar-refractivity contribution in [2.24, 2.45) is 0 Å². The molecule has 0 aliphatic rings. The van der Waals surface area contributed by atoms with Crippen LogP contribution in [0.4, 0.5) is 15.8 Å². The number of ether oxygens (including phenoxy) is 2. The van der Waals surface area contributed by atoms with Crippen LogP contribution in [0.15, 0.2) is 36.4 Å². The molecule has 9 heteroatoms. The van der Waals surface area contributed by atoms with Gasteiger partial charge >= 0.3 is 0 Å². The van der Waals surface area contributed by atoms with Crippen molar-refractivity contribution < 1.29 is 23.6 Å². The molecule has 0 fully saturated rings. The van der Waals surface area contributed by atoms with Gasteiger partial charge in [-0.25, -0.2) is 4.39 Å². The summed E-state index contributed by atoms with van der Waals surface area (Å²) in [6.07, 6.45) is 0. The van der Waals surface area contributed by atoms with Crippen molar-refractivity contribution in [3.05, 3.63) is 57.9 Å². The minimum Gasteiger partial charge on any atom is -0.494 e. The molecular formula is C20H24FN3O5. The number of nitrogens with one attached hydrogen (secondary N) is 1. The number of hydrogen-bond acceptors (Lipinski definition) is 6. The lowest BCUT2D eigenvalue weighted by molar-refractivity contribution is -0.384. The Morgan fingerprint density at radius 1 is 1.21 bits per heavy atom. The quantitative estimate of drug-likeness (QED) is 0.506. The van der Waals surface area contributed by atoms with Crippen molar-refractivity contribution in [2.45, 2.75) is 26.4 Å². The van der Waals surface area contributed by atoms with Gasteiger partial charge in [0.1, 0.15) is 5.75 Å². The van der Waals surface area contributed by atoms with E-state index in [1.54, 1.807) is 19.1 Å². The smallest absolute Gasteiger partial charge is 0.273 e. The Morgan fingerprint density at radius 2 is 1.90 bits per heavy atom. The number of nitro groups is 1. The van der Waals surface area contributed by atoms with Crippen LogP contribution in [-0.4, -0.2) is 42.5 Å². The summed E-state index contributed by atoms with van der Waals surface area (Å²) < 4.78 is 24.0. The number of halogens is 1. The van der Waals surface area contributed by atoms with E-state index in [0.717, 1.165) is 0 Å². The summed E-state index contributed by atoms with van der Waals surface area (Å²) in [6.45, 7) is 4.55. The standard InChI is InChI=1S/C20H24FN3O5/c1-5-23(12-14-6-9-18(28-3)16(21)10-14)13(2)20(25)22-17-8-7-15(24(26)27)11-19(17)29-4/h6-11,13H,5,12H2,1-4H3,(H,22,25)/t13-/m1/s1. The summed E-state index contributed by atoms with van der Waals surface area (Å²) in [6, 6.07) is 8.10. The average Bonchev–Trinajstić information content (AvgIpc) is 2.71. The second-order valence-electron chi connectivity index (χ2n) is 6.34. The summed E-state index contributed by atoms with van der Waals surface area (Å²) in [4.78, 5) is 25.0. The predicted molar refractivity (Wildman–Crippen MR) is 107 cm³/mol. The normalized spacial score (nSPS) is 11.8. The fraction of sp³-hybridized carbons (Fsp3) is 0.350. The second kappa shape index (κ2) is 9.83. The van der Waals surface area contributed by atoms with Crippen molar-refractivity contribution in [3.8, 4) is 11.5 Å². The topological polar surface area (TPSA) is 93.9 Å². The van der Waals surface area contributed by atoms with E-state index in [2.05, 4.69) is 5.32 Å². The molecule has 1 N–H and O–H groups in total. The highest BCUT2D eigenvalue weighted by molar-refractivity contribution is 5.96. The van der Waals surface area contributed by atoms with E-state index < -0.39 is 16.8 Å². The van der Waals surface area contributed by atoms with Crippen molar-refractivity contribution in [2.75, 3.05) is 26.1 Å². The number of anilines is 1. The Morgan fingerprint density at radius 3 is 2.45 bits per heavy atom. The zero-order valence-corrected chi connectivity index (χ0v) is 16.8. The molecular weight excluding hydrogens is 381 g/mol. The highest BCUT2D eigenvalue weighted by Crippen LogP contribution is 2.29. The first-order chi connectivity index (χ1) is 13.8. The van der Waals surface area contributed by atoms with Crippen molar-refractivity contribution in [3.63, 3.8) is 0 Å². The minimum absolute atomic E-state index is 0.135. The number of hydrogen-bond donors (Lipinski definition) is 1. The largest absolute Gasteiger partial charge is 0.494 e. The molecule has 0 aliphatic carbocycles. The first kappa shape index (κ1) is 22.1. The van der Waals surface area contributed by atoms with Crippen LogP contribution in [0.5, 0.6) is 11.5 Å². The number of carbonyl (C=O) groups excluding carboxylic acids is 1. The Labute approximate surface area is 168 Å². The van der Waals surface area contributed by atoms with E-state index in [9.17, 15) is 19.3 Å². The van der Waals surface area contributed by atoms with Gasteiger partial charge in [0.25, 0.3) is 5.69 Å². The highest BCUT2D eigenvalue weighted by Gasteiger charge is 2.22. The van der Waals surface area contributed by atoms with Gasteiger partial charge in [-0.3, -0.25) is 19.8 Å². The van der Waals surface area contributed by atoms with Gasteiger partial charge in [0.05, 0.1) is 36.9 Å². The molecule has 0 saturated carbocycles. The van der Waals surface area contributed by atoms with Crippen molar-refractivity contribution in [1.29, 1.82) is 0 Å². The highest BCUT2D eigenvalue weighted by atomic mass is 19.1. The van der Waals surface area contributed by atoms with Crippen LogP contribution in [0.25, 0.3) is 0 Å². The average molecular weight is 405 g/mol. The molecule has 8 nitrogen and oxygen atoms in total. The lowest BCUT2D eigenvalue weighted by Crippen LogP contribution is -2.41. The summed E-state index contributed by atoms with van der Waals surface area (Å²) in [7, 11) is 2.77. The monoisotopic (exact) mass is 405 g/mol. The third-order valence-corrected chi connectivity index (χ3v) is 4.59. The van der Waals surface area contributed by atoms with Gasteiger partial charge in [-0.05, 0) is 37.2 Å². The Kier molecular flexibility index (Phi) is 7.49. The van der Waals surface area contributed by atoms with Crippen molar-refractivity contribution in [1.82, 2.24) is 4.90 Å². The third-order valence-electron chi connectivity index (χ3n) is 4.59. The van der Waals surface area contributed by atoms with Gasteiger partial charge in [0.15, 0.2) is 11.6 Å². The first-order valence-electron chi connectivity index (χ1n) is 9.00. The molecule has 0 radical (unpaired) electrons. The SMILES string of the molecule is CCN(Cc1ccc(OC)c(F)c1)[C@H](C)C(=O)Nc1ccc([N+](=O)[O-])cc1OC. The van der Waals surface area contributed by atoms with E-state index in [1.807, 2.05) is 11.8 Å². The van der Waals surface area contributed by atoms with Crippen LogP contribution in [-0.2, 0) is 11.3 Å². The zero-order chi connectivity index (χ0) is 21.6. The Bertz CT molecular complexity index is 890. The maximum absolute atomic E-state index is 13.9. The van der Waals surface area contributed by atoms with E-state index in [-0.39, 0.29) is 23.1 Å². The molecule has 1 atom stereocenters. The maximum Gasteiger partial charge on any atom is 0.273 e. The van der Waals surface area contributed by atoms with E-state index in [4.69, 9.17) is 9.47 Å². The third kappa shape index (κ3) is 5.41. The number of carbonyl (C=O) groups is 1. The second-order valence-corrected chi connectivity index (χ2v) is 6.34. The van der Waals surface area contributed by atoms with Gasteiger partial charge in [0, 0.05) is 12.6 Å². The number of non-ortho nitro benzene ring substituents is 1. The summed E-state index contributed by atoms with van der Waals surface area (Å²) in [5.74, 6) is -0.422. The summed E-state index contributed by atoms with van der Waals surface area (Å²) >= 11 is 0. The zero-order valence-electron chi connectivity index (χ0n) is 16.8. The Balaban J connectivity index is 2.13. The number of rotatable bonds is 9. The fourth-order valence-corrected chi connectivity index (χ4v) is 2.87. The molecule has 2 aromatic carbocycles. The number of nitrogens with zero attached hydrogens (tertiary/aromatic N) is 2. The molecule has 0 aromatic heterocycles. The molecule has 0 aliphatic heterocycles. The molecule has 0 unspecified atom stereocenters. The molecule has 2 rings (SSSR count). The van der Waals surface area contributed by atoms with Crippen LogP contribution >= 0.6 is 0 Å². The number of methoxy groups -OCH3 is 2. The van der Waals surface area contributed by atoms with Crippen LogP contribution in [0.1, 0.15) is 19.4 Å². The van der Waals surface area contributed by atoms with Gasteiger partial charge in [-0.15, -0.1) is 0 Å². The Hall–Kier alpha value is -3.20. The number of benzene rings is 2. The molecule has 0 saturated heterocycles. The van der Waals surface area contributed by atoms with Crippen LogP contribution in [0.3, 0.4) is 0 Å². The minimum atomic E-state index is -0.538. The summed E-state index contributed by atoms with van der Waals surface area (Å²) in [5.41, 5.74) is 0.906. The van der Waals surface area contributed by atoms with Crippen LogP contribution < -0.4 is 14.8 Å². The van der Waals surface area contributed by atoms with E-state index in [0.29, 0.717) is 24.3 Å². The fourth-order valence-electron chi connectivity index (χ4n) is 2.87. The number of likely N-dealkylation sites (N-methyl/N-ethyl adjacent to an activating group) is 1. The lowest BCUT2D eigenvalue weighted by Gasteiger charge is -2.27. The molecule has 0 heterocycles. The van der Waals surface area contributed by atoms with E-state index in [1.165, 1.54) is 38.5 Å². The van der Waals surface area contributed by atoms with Gasteiger partial charge < -0.3 is 14.8 Å². The van der Waals surface area contributed by atoms with Crippen molar-refractivity contribution >= 4 is 17.3 Å². The van der Waals surface area contributed by atoms with Crippen LogP contribution in [0, 0.1) is 15.9 Å². The van der Waals surface area contributed by atoms with Gasteiger partial charge in [0.2, 0.25) is 5.91 Å². The number of nitro benzene ring substituents is 1. The predicted octanol–water partition coefficient (Wildman–Crippen LogP) is 3.60. The molecule has 0 bridgehead atoms. The molecule has 29 heavy (non-hydrogen) atoms. The molecule has 0 spiro atoms. The molecule has 156 valence electrons. The van der Waals surface area contributed by atoms with Crippen LogP contribution in [0.2, 0.25) is 0 Å². The molecule has 2 aromatic rings. The van der Waals surface area contributed by atoms with Gasteiger partial charge in [-0.2, -0.15) is 0 Å².